The number of hydrogen-bond acceptors (Lipinski definition) is 2. The van der Waals surface area contributed by atoms with Crippen LogP contribution in [0.3, 0.4) is 0 Å². The van der Waals surface area contributed by atoms with E-state index >= 15 is 0 Å². The van der Waals surface area contributed by atoms with E-state index < -0.39 is 0 Å². The zero-order chi connectivity index (χ0) is 13.9. The SMILES string of the molecule is CCC1(C(=O)Nc2cc(C)cc(Br)c2)CCCNC1. The molecule has 0 aromatic heterocycles. The third-order valence-electron chi connectivity index (χ3n) is 3.93. The van der Waals surface area contributed by atoms with Crippen LogP contribution in [0.4, 0.5) is 5.69 Å². The van der Waals surface area contributed by atoms with Crippen LogP contribution in [0.1, 0.15) is 31.7 Å². The molecule has 1 unspecified atom stereocenters. The number of benzene rings is 1. The van der Waals surface area contributed by atoms with Crippen molar-refractivity contribution >= 4 is 27.5 Å². The average molecular weight is 325 g/mol. The van der Waals surface area contributed by atoms with Crippen molar-refractivity contribution in [2.45, 2.75) is 33.1 Å². The molecule has 1 aromatic rings. The molecule has 4 heteroatoms. The first-order chi connectivity index (χ1) is 9.05. The van der Waals surface area contributed by atoms with Gasteiger partial charge in [0.05, 0.1) is 5.41 Å². The van der Waals surface area contributed by atoms with Crippen LogP contribution < -0.4 is 10.6 Å². The maximum absolute atomic E-state index is 12.6. The summed E-state index contributed by atoms with van der Waals surface area (Å²) in [5, 5.41) is 6.42. The van der Waals surface area contributed by atoms with E-state index in [1.807, 2.05) is 25.1 Å². The minimum Gasteiger partial charge on any atom is -0.326 e. The van der Waals surface area contributed by atoms with Crippen LogP contribution in [0.25, 0.3) is 0 Å². The molecule has 1 aromatic carbocycles. The summed E-state index contributed by atoms with van der Waals surface area (Å²) in [5.41, 5.74) is 1.75. The summed E-state index contributed by atoms with van der Waals surface area (Å²) >= 11 is 3.47. The predicted octanol–water partition coefficient (Wildman–Crippen LogP) is 3.48. The Morgan fingerprint density at radius 2 is 2.26 bits per heavy atom. The van der Waals surface area contributed by atoms with Crippen molar-refractivity contribution < 1.29 is 4.79 Å². The van der Waals surface area contributed by atoms with Crippen molar-refractivity contribution in [3.8, 4) is 0 Å². The van der Waals surface area contributed by atoms with Gasteiger partial charge < -0.3 is 10.6 Å². The number of nitrogens with one attached hydrogen (secondary N) is 2. The van der Waals surface area contributed by atoms with E-state index in [-0.39, 0.29) is 11.3 Å². The van der Waals surface area contributed by atoms with Gasteiger partial charge in [0.15, 0.2) is 0 Å². The first kappa shape index (κ1) is 14.5. The highest BCUT2D eigenvalue weighted by molar-refractivity contribution is 9.10. The van der Waals surface area contributed by atoms with E-state index in [1.165, 1.54) is 0 Å². The zero-order valence-corrected chi connectivity index (χ0v) is 13.1. The Morgan fingerprint density at radius 1 is 1.47 bits per heavy atom. The van der Waals surface area contributed by atoms with Gasteiger partial charge in [-0.15, -0.1) is 0 Å². The largest absolute Gasteiger partial charge is 0.326 e. The van der Waals surface area contributed by atoms with Crippen molar-refractivity contribution in [3.63, 3.8) is 0 Å². The van der Waals surface area contributed by atoms with Crippen molar-refractivity contribution in [2.75, 3.05) is 18.4 Å². The lowest BCUT2D eigenvalue weighted by atomic mass is 9.77. The zero-order valence-electron chi connectivity index (χ0n) is 11.6. The number of halogens is 1. The predicted molar refractivity (Wildman–Crippen MR) is 82.3 cm³/mol. The van der Waals surface area contributed by atoms with Crippen LogP contribution in [-0.4, -0.2) is 19.0 Å². The van der Waals surface area contributed by atoms with Gasteiger partial charge in [-0.2, -0.15) is 0 Å². The fraction of sp³-hybridized carbons (Fsp3) is 0.533. The molecule has 1 aliphatic heterocycles. The van der Waals surface area contributed by atoms with Gasteiger partial charge in [-0.05, 0) is 56.5 Å². The molecule has 104 valence electrons. The molecular weight excluding hydrogens is 304 g/mol. The highest BCUT2D eigenvalue weighted by Gasteiger charge is 2.37. The molecular formula is C15H21BrN2O. The standard InChI is InChI=1S/C15H21BrN2O/c1-3-15(5-4-6-17-10-15)14(19)18-13-8-11(2)7-12(16)9-13/h7-9,17H,3-6,10H2,1-2H3,(H,18,19). The molecule has 0 bridgehead atoms. The third-order valence-corrected chi connectivity index (χ3v) is 4.39. The quantitative estimate of drug-likeness (QED) is 0.893. The van der Waals surface area contributed by atoms with Crippen LogP contribution in [0.2, 0.25) is 0 Å². The third kappa shape index (κ3) is 3.37. The van der Waals surface area contributed by atoms with E-state index in [4.69, 9.17) is 0 Å². The van der Waals surface area contributed by atoms with Gasteiger partial charge in [-0.1, -0.05) is 22.9 Å². The lowest BCUT2D eigenvalue weighted by molar-refractivity contribution is -0.126. The fourth-order valence-electron chi connectivity index (χ4n) is 2.70. The summed E-state index contributed by atoms with van der Waals surface area (Å²) in [5.74, 6) is 0.139. The van der Waals surface area contributed by atoms with E-state index in [0.29, 0.717) is 0 Å². The average Bonchev–Trinajstić information content (AvgIpc) is 2.38. The van der Waals surface area contributed by atoms with Crippen molar-refractivity contribution in [2.24, 2.45) is 5.41 Å². The van der Waals surface area contributed by atoms with E-state index in [2.05, 4.69) is 33.5 Å². The second kappa shape index (κ2) is 6.06. The lowest BCUT2D eigenvalue weighted by Gasteiger charge is -2.35. The molecule has 0 spiro atoms. The first-order valence-electron chi connectivity index (χ1n) is 6.85. The maximum atomic E-state index is 12.6. The molecule has 1 atom stereocenters. The van der Waals surface area contributed by atoms with Gasteiger partial charge in [0.25, 0.3) is 0 Å². The number of aryl methyl sites for hydroxylation is 1. The molecule has 3 nitrogen and oxygen atoms in total. The Bertz CT molecular complexity index is 447. The Balaban J connectivity index is 2.14. The van der Waals surface area contributed by atoms with E-state index in [9.17, 15) is 4.79 Å². The molecule has 2 rings (SSSR count). The molecule has 1 saturated heterocycles. The molecule has 0 radical (unpaired) electrons. The van der Waals surface area contributed by atoms with Crippen LogP contribution >= 0.6 is 15.9 Å². The summed E-state index contributed by atoms with van der Waals surface area (Å²) in [7, 11) is 0. The highest BCUT2D eigenvalue weighted by atomic mass is 79.9. The molecule has 19 heavy (non-hydrogen) atoms. The molecule has 1 heterocycles. The van der Waals surface area contributed by atoms with Gasteiger partial charge in [0, 0.05) is 16.7 Å². The van der Waals surface area contributed by atoms with Crippen molar-refractivity contribution in [3.05, 3.63) is 28.2 Å². The molecule has 1 aliphatic rings. The summed E-state index contributed by atoms with van der Waals surface area (Å²) in [6, 6.07) is 5.99. The fourth-order valence-corrected chi connectivity index (χ4v) is 3.30. The second-order valence-electron chi connectivity index (χ2n) is 5.39. The number of carbonyl (C=O) groups excluding carboxylic acids is 1. The van der Waals surface area contributed by atoms with Gasteiger partial charge >= 0.3 is 0 Å². The number of piperidine rings is 1. The summed E-state index contributed by atoms with van der Waals surface area (Å²) in [6.45, 7) is 5.92. The van der Waals surface area contributed by atoms with Gasteiger partial charge in [-0.25, -0.2) is 0 Å². The van der Waals surface area contributed by atoms with Crippen molar-refractivity contribution in [1.29, 1.82) is 0 Å². The summed E-state index contributed by atoms with van der Waals surface area (Å²) in [4.78, 5) is 12.6. The smallest absolute Gasteiger partial charge is 0.231 e. The maximum Gasteiger partial charge on any atom is 0.231 e. The Labute approximate surface area is 123 Å². The van der Waals surface area contributed by atoms with Crippen LogP contribution in [0, 0.1) is 12.3 Å². The summed E-state index contributed by atoms with van der Waals surface area (Å²) < 4.78 is 0.995. The van der Waals surface area contributed by atoms with Gasteiger partial charge in [-0.3, -0.25) is 4.79 Å². The molecule has 0 saturated carbocycles. The highest BCUT2D eigenvalue weighted by Crippen LogP contribution is 2.32. The Kier molecular flexibility index (Phi) is 4.63. The number of hydrogen-bond donors (Lipinski definition) is 2. The molecule has 0 aliphatic carbocycles. The van der Waals surface area contributed by atoms with E-state index in [0.717, 1.165) is 48.1 Å². The lowest BCUT2D eigenvalue weighted by Crippen LogP contribution is -2.47. The Hall–Kier alpha value is -0.870. The monoisotopic (exact) mass is 324 g/mol. The van der Waals surface area contributed by atoms with Crippen molar-refractivity contribution in [1.82, 2.24) is 5.32 Å². The van der Waals surface area contributed by atoms with Gasteiger partial charge in [0.2, 0.25) is 5.91 Å². The number of anilines is 1. The van der Waals surface area contributed by atoms with Crippen LogP contribution in [-0.2, 0) is 4.79 Å². The Morgan fingerprint density at radius 3 is 2.84 bits per heavy atom. The number of amides is 1. The van der Waals surface area contributed by atoms with Crippen LogP contribution in [0.5, 0.6) is 0 Å². The molecule has 1 amide bonds. The molecule has 2 N–H and O–H groups in total. The number of rotatable bonds is 3. The molecule has 1 fully saturated rings. The summed E-state index contributed by atoms with van der Waals surface area (Å²) in [6.07, 6.45) is 2.91. The minimum absolute atomic E-state index is 0.139. The number of carbonyl (C=O) groups is 1. The van der Waals surface area contributed by atoms with Crippen LogP contribution in [0.15, 0.2) is 22.7 Å². The topological polar surface area (TPSA) is 41.1 Å². The van der Waals surface area contributed by atoms with E-state index in [1.54, 1.807) is 0 Å². The second-order valence-corrected chi connectivity index (χ2v) is 6.30. The first-order valence-corrected chi connectivity index (χ1v) is 7.64. The minimum atomic E-state index is -0.255. The van der Waals surface area contributed by atoms with Gasteiger partial charge in [0.1, 0.15) is 0 Å². The normalized spacial score (nSPS) is 23.1.